The summed E-state index contributed by atoms with van der Waals surface area (Å²) in [7, 11) is 1.61. The van der Waals surface area contributed by atoms with E-state index in [0.29, 0.717) is 32.8 Å². The summed E-state index contributed by atoms with van der Waals surface area (Å²) in [6, 6.07) is -0.369. The van der Waals surface area contributed by atoms with Crippen molar-refractivity contribution in [3.8, 4) is 0 Å². The van der Waals surface area contributed by atoms with Crippen LogP contribution in [0.25, 0.3) is 0 Å². The maximum atomic E-state index is 11.4. The van der Waals surface area contributed by atoms with Crippen molar-refractivity contribution in [3.05, 3.63) is 0 Å². The Hall–Kier alpha value is -1.34. The fourth-order valence-corrected chi connectivity index (χ4v) is 1.06. The molecule has 3 N–H and O–H groups in total. The zero-order valence-electron chi connectivity index (χ0n) is 11.8. The molecule has 112 valence electrons. The molecule has 0 heterocycles. The molecule has 7 nitrogen and oxygen atoms in total. The summed E-state index contributed by atoms with van der Waals surface area (Å²) in [6.45, 7) is 5.31. The second-order valence-electron chi connectivity index (χ2n) is 4.76. The highest BCUT2D eigenvalue weighted by Gasteiger charge is 2.27. The van der Waals surface area contributed by atoms with E-state index in [0.717, 1.165) is 0 Å². The molecular formula is C12H24N2O5. The molecule has 0 rings (SSSR count). The predicted octanol–water partition coefficient (Wildman–Crippen LogP) is 0.450. The van der Waals surface area contributed by atoms with Crippen molar-refractivity contribution < 1.29 is 24.2 Å². The molecule has 0 aliphatic carbocycles. The highest BCUT2D eigenvalue weighted by molar-refractivity contribution is 5.77. The molecule has 0 saturated heterocycles. The van der Waals surface area contributed by atoms with Crippen molar-refractivity contribution in [2.75, 3.05) is 40.0 Å². The molecule has 0 saturated carbocycles. The molecule has 7 heteroatoms. The first-order valence-electron chi connectivity index (χ1n) is 6.22. The van der Waals surface area contributed by atoms with E-state index in [1.54, 1.807) is 21.0 Å². The van der Waals surface area contributed by atoms with Gasteiger partial charge in [-0.15, -0.1) is 0 Å². The van der Waals surface area contributed by atoms with Crippen molar-refractivity contribution in [1.82, 2.24) is 10.6 Å². The zero-order chi connectivity index (χ0) is 14.7. The van der Waals surface area contributed by atoms with Crippen molar-refractivity contribution in [1.29, 1.82) is 0 Å². The number of aliphatic carboxylic acids is 1. The van der Waals surface area contributed by atoms with E-state index in [9.17, 15) is 9.59 Å². The number of hydrogen-bond donors (Lipinski definition) is 3. The van der Waals surface area contributed by atoms with Gasteiger partial charge in [-0.2, -0.15) is 0 Å². The van der Waals surface area contributed by atoms with Crippen molar-refractivity contribution in [3.63, 3.8) is 0 Å². The Morgan fingerprint density at radius 1 is 1.16 bits per heavy atom. The minimum absolute atomic E-state index is 0.0819. The summed E-state index contributed by atoms with van der Waals surface area (Å²) < 4.78 is 10.0. The maximum absolute atomic E-state index is 11.4. The molecule has 0 aliphatic heterocycles. The molecular weight excluding hydrogens is 252 g/mol. The molecule has 0 aromatic carbocycles. The first-order chi connectivity index (χ1) is 8.90. The largest absolute Gasteiger partial charge is 0.481 e. The minimum atomic E-state index is -0.972. The SMILES string of the molecule is COCCOCCCNC(=O)NCC(C)(C)C(=O)O. The van der Waals surface area contributed by atoms with Crippen molar-refractivity contribution in [2.24, 2.45) is 5.41 Å². The average Bonchev–Trinajstić information content (AvgIpc) is 2.35. The van der Waals surface area contributed by atoms with Gasteiger partial charge in [0.1, 0.15) is 0 Å². The lowest BCUT2D eigenvalue weighted by atomic mass is 9.94. The molecule has 0 aliphatic rings. The fraction of sp³-hybridized carbons (Fsp3) is 0.833. The first kappa shape index (κ1) is 17.7. The van der Waals surface area contributed by atoms with E-state index >= 15 is 0 Å². The quantitative estimate of drug-likeness (QED) is 0.503. The van der Waals surface area contributed by atoms with E-state index in [2.05, 4.69) is 10.6 Å². The van der Waals surface area contributed by atoms with Gasteiger partial charge in [0.2, 0.25) is 0 Å². The summed E-state index contributed by atoms with van der Waals surface area (Å²) in [5.74, 6) is -0.945. The van der Waals surface area contributed by atoms with Crippen LogP contribution in [0.4, 0.5) is 4.79 Å². The summed E-state index contributed by atoms with van der Waals surface area (Å²) in [6.07, 6.45) is 0.694. The monoisotopic (exact) mass is 276 g/mol. The fourth-order valence-electron chi connectivity index (χ4n) is 1.06. The third kappa shape index (κ3) is 9.26. The van der Waals surface area contributed by atoms with Crippen LogP contribution in [0.3, 0.4) is 0 Å². The Labute approximate surface area is 113 Å². The van der Waals surface area contributed by atoms with Gasteiger partial charge in [-0.3, -0.25) is 4.79 Å². The molecule has 0 bridgehead atoms. The van der Waals surface area contributed by atoms with Gasteiger partial charge < -0.3 is 25.2 Å². The Morgan fingerprint density at radius 3 is 2.42 bits per heavy atom. The van der Waals surface area contributed by atoms with E-state index in [-0.39, 0.29) is 12.6 Å². The average molecular weight is 276 g/mol. The third-order valence-electron chi connectivity index (χ3n) is 2.45. The van der Waals surface area contributed by atoms with Crippen molar-refractivity contribution >= 4 is 12.0 Å². The second-order valence-corrected chi connectivity index (χ2v) is 4.76. The molecule has 0 atom stereocenters. The number of nitrogens with one attached hydrogen (secondary N) is 2. The van der Waals surface area contributed by atoms with Crippen molar-refractivity contribution in [2.45, 2.75) is 20.3 Å². The van der Waals surface area contributed by atoms with Crippen LogP contribution in [0.5, 0.6) is 0 Å². The number of methoxy groups -OCH3 is 1. The van der Waals surface area contributed by atoms with Gasteiger partial charge in [0.25, 0.3) is 0 Å². The summed E-state index contributed by atoms with van der Waals surface area (Å²) in [5.41, 5.74) is -0.972. The number of amides is 2. The van der Waals surface area contributed by atoms with Crippen LogP contribution in [0.15, 0.2) is 0 Å². The van der Waals surface area contributed by atoms with Crippen LogP contribution >= 0.6 is 0 Å². The third-order valence-corrected chi connectivity index (χ3v) is 2.45. The minimum Gasteiger partial charge on any atom is -0.481 e. The molecule has 0 unspecified atom stereocenters. The molecule has 2 amide bonds. The van der Waals surface area contributed by atoms with Crippen LogP contribution in [-0.4, -0.2) is 57.1 Å². The number of carboxylic acid groups (broad SMARTS) is 1. The molecule has 19 heavy (non-hydrogen) atoms. The van der Waals surface area contributed by atoms with Gasteiger partial charge >= 0.3 is 12.0 Å². The van der Waals surface area contributed by atoms with Gasteiger partial charge in [-0.1, -0.05) is 0 Å². The number of rotatable bonds is 10. The topological polar surface area (TPSA) is 96.9 Å². The lowest BCUT2D eigenvalue weighted by Crippen LogP contribution is -2.43. The van der Waals surface area contributed by atoms with E-state index < -0.39 is 11.4 Å². The van der Waals surface area contributed by atoms with Gasteiger partial charge in [-0.05, 0) is 20.3 Å². The molecule has 0 radical (unpaired) electrons. The first-order valence-corrected chi connectivity index (χ1v) is 6.22. The van der Waals surface area contributed by atoms with E-state index in [1.165, 1.54) is 0 Å². The summed E-state index contributed by atoms with van der Waals surface area (Å²) >= 11 is 0. The lowest BCUT2D eigenvalue weighted by Gasteiger charge is -2.19. The normalized spacial score (nSPS) is 11.1. The lowest BCUT2D eigenvalue weighted by molar-refractivity contribution is -0.146. The van der Waals surface area contributed by atoms with Gasteiger partial charge in [0, 0.05) is 26.8 Å². The smallest absolute Gasteiger partial charge is 0.314 e. The predicted molar refractivity (Wildman–Crippen MR) is 70.1 cm³/mol. The van der Waals surface area contributed by atoms with Gasteiger partial charge in [0.05, 0.1) is 18.6 Å². The highest BCUT2D eigenvalue weighted by Crippen LogP contribution is 2.12. The number of hydrogen-bond acceptors (Lipinski definition) is 4. The molecule has 0 spiro atoms. The number of carbonyl (C=O) groups is 2. The summed E-state index contributed by atoms with van der Waals surface area (Å²) in [4.78, 5) is 22.2. The van der Waals surface area contributed by atoms with E-state index in [4.69, 9.17) is 14.6 Å². The van der Waals surface area contributed by atoms with Crippen LogP contribution < -0.4 is 10.6 Å². The molecule has 0 aromatic rings. The van der Waals surface area contributed by atoms with E-state index in [1.807, 2.05) is 0 Å². The Morgan fingerprint density at radius 2 is 1.84 bits per heavy atom. The van der Waals surface area contributed by atoms with Crippen LogP contribution in [0.2, 0.25) is 0 Å². The second kappa shape index (κ2) is 9.57. The number of ether oxygens (including phenoxy) is 2. The number of urea groups is 1. The standard InChI is InChI=1S/C12H24N2O5/c1-12(2,10(15)16)9-14-11(17)13-5-4-6-19-8-7-18-3/h4-9H2,1-3H3,(H,15,16)(H2,13,14,17). The molecule has 0 fully saturated rings. The van der Waals surface area contributed by atoms with Gasteiger partial charge in [-0.25, -0.2) is 4.79 Å². The Bertz CT molecular complexity index is 281. The number of carboxylic acids is 1. The zero-order valence-corrected chi connectivity index (χ0v) is 11.8. The van der Waals surface area contributed by atoms with Gasteiger partial charge in [0.15, 0.2) is 0 Å². The van der Waals surface area contributed by atoms with Crippen LogP contribution in [0, 0.1) is 5.41 Å². The summed E-state index contributed by atoms with van der Waals surface area (Å²) in [5, 5.41) is 14.0. The molecule has 0 aromatic heterocycles. The maximum Gasteiger partial charge on any atom is 0.314 e. The Kier molecular flexibility index (Phi) is 8.90. The number of carbonyl (C=O) groups excluding carboxylic acids is 1. The van der Waals surface area contributed by atoms with Crippen LogP contribution in [0.1, 0.15) is 20.3 Å². The van der Waals surface area contributed by atoms with Crippen LogP contribution in [-0.2, 0) is 14.3 Å². The highest BCUT2D eigenvalue weighted by atomic mass is 16.5. The Balaban J connectivity index is 3.53.